The summed E-state index contributed by atoms with van der Waals surface area (Å²) in [5, 5.41) is 13.8. The summed E-state index contributed by atoms with van der Waals surface area (Å²) in [6.45, 7) is 0. The van der Waals surface area contributed by atoms with Gasteiger partial charge in [0.1, 0.15) is 11.0 Å². The number of anilines is 1. The van der Waals surface area contributed by atoms with Crippen LogP contribution in [0.15, 0.2) is 58.7 Å². The number of amidine groups is 1. The Hall–Kier alpha value is -2.84. The number of rotatable bonds is 6. The van der Waals surface area contributed by atoms with Crippen molar-refractivity contribution in [2.75, 3.05) is 12.4 Å². The number of methoxy groups -OCH3 is 1. The fourth-order valence-corrected chi connectivity index (χ4v) is 3.41. The molecule has 2 aromatic carbocycles. The van der Waals surface area contributed by atoms with Crippen LogP contribution < -0.4 is 15.4 Å². The summed E-state index contributed by atoms with van der Waals surface area (Å²) < 4.78 is 5.12. The third kappa shape index (κ3) is 5.58. The van der Waals surface area contributed by atoms with Crippen molar-refractivity contribution in [3.63, 3.8) is 0 Å². The summed E-state index contributed by atoms with van der Waals surface area (Å²) in [5.74, 6) is 0.0943. The Balaban J connectivity index is 1.54. The average molecular weight is 417 g/mol. The van der Waals surface area contributed by atoms with E-state index in [1.807, 2.05) is 0 Å². The van der Waals surface area contributed by atoms with Crippen LogP contribution in [0.1, 0.15) is 12.0 Å². The number of amides is 2. The molecule has 7 nitrogen and oxygen atoms in total. The van der Waals surface area contributed by atoms with Gasteiger partial charge in [0.15, 0.2) is 5.17 Å². The van der Waals surface area contributed by atoms with Crippen molar-refractivity contribution in [3.05, 3.63) is 59.1 Å². The van der Waals surface area contributed by atoms with Crippen molar-refractivity contribution in [3.8, 4) is 5.75 Å². The van der Waals surface area contributed by atoms with Crippen molar-refractivity contribution in [1.82, 2.24) is 5.32 Å². The van der Waals surface area contributed by atoms with Crippen molar-refractivity contribution in [1.29, 1.82) is 0 Å². The van der Waals surface area contributed by atoms with Crippen LogP contribution in [0.3, 0.4) is 0 Å². The van der Waals surface area contributed by atoms with Crippen LogP contribution in [0, 0.1) is 0 Å². The maximum atomic E-state index is 12.2. The number of benzene rings is 2. The first-order valence-electron chi connectivity index (χ1n) is 8.31. The van der Waals surface area contributed by atoms with Crippen molar-refractivity contribution >= 4 is 52.2 Å². The topological polar surface area (TPSA) is 92.2 Å². The van der Waals surface area contributed by atoms with Gasteiger partial charge in [0, 0.05) is 23.2 Å². The third-order valence-corrected chi connectivity index (χ3v) is 5.05. The zero-order valence-electron chi connectivity index (χ0n) is 14.9. The van der Waals surface area contributed by atoms with E-state index >= 15 is 0 Å². The number of carbonyl (C=O) groups is 2. The second-order valence-electron chi connectivity index (χ2n) is 5.78. The summed E-state index contributed by atoms with van der Waals surface area (Å²) in [7, 11) is 1.55. The van der Waals surface area contributed by atoms with Crippen LogP contribution in [-0.2, 0) is 9.59 Å². The summed E-state index contributed by atoms with van der Waals surface area (Å²) in [6.07, 6.45) is 1.58. The van der Waals surface area contributed by atoms with Gasteiger partial charge in [-0.2, -0.15) is 5.10 Å². The van der Waals surface area contributed by atoms with Gasteiger partial charge in [0.2, 0.25) is 11.8 Å². The summed E-state index contributed by atoms with van der Waals surface area (Å²) >= 11 is 7.00. The summed E-state index contributed by atoms with van der Waals surface area (Å²) in [5.41, 5.74) is 1.44. The lowest BCUT2D eigenvalue weighted by Crippen LogP contribution is -2.28. The first kappa shape index (κ1) is 19.9. The van der Waals surface area contributed by atoms with E-state index in [2.05, 4.69) is 20.8 Å². The molecule has 0 radical (unpaired) electrons. The molecule has 9 heteroatoms. The molecule has 2 N–H and O–H groups in total. The van der Waals surface area contributed by atoms with Gasteiger partial charge < -0.3 is 15.4 Å². The zero-order chi connectivity index (χ0) is 19.9. The Morgan fingerprint density at radius 3 is 2.86 bits per heavy atom. The minimum Gasteiger partial charge on any atom is -0.497 e. The molecule has 1 unspecified atom stereocenters. The molecule has 0 spiro atoms. The Bertz CT molecular complexity index is 931. The Morgan fingerprint density at radius 2 is 2.11 bits per heavy atom. The van der Waals surface area contributed by atoms with Gasteiger partial charge in [0.05, 0.1) is 13.3 Å². The van der Waals surface area contributed by atoms with Gasteiger partial charge in [-0.1, -0.05) is 41.6 Å². The third-order valence-electron chi connectivity index (χ3n) is 3.73. The minimum absolute atomic E-state index is 0.0215. The maximum absolute atomic E-state index is 12.2. The highest BCUT2D eigenvalue weighted by molar-refractivity contribution is 8.15. The number of ether oxygens (including phenoxy) is 1. The molecule has 1 fully saturated rings. The van der Waals surface area contributed by atoms with Crippen molar-refractivity contribution in [2.45, 2.75) is 11.7 Å². The second-order valence-corrected chi connectivity index (χ2v) is 7.41. The molecule has 0 aromatic heterocycles. The number of hydrogen-bond acceptors (Lipinski definition) is 6. The van der Waals surface area contributed by atoms with Gasteiger partial charge in [0.25, 0.3) is 0 Å². The molecule has 0 aliphatic carbocycles. The Kier molecular flexibility index (Phi) is 6.67. The van der Waals surface area contributed by atoms with Gasteiger partial charge >= 0.3 is 0 Å². The molecule has 0 bridgehead atoms. The predicted molar refractivity (Wildman–Crippen MR) is 112 cm³/mol. The first-order chi connectivity index (χ1) is 13.5. The standard InChI is InChI=1S/C19H17ClN4O3S/c1-27-15-4-2-3-14(9-15)22-17(25)10-16-18(26)23-19(28-16)24-21-11-12-5-7-13(20)8-6-12/h2-9,11,16H,10H2,1H3,(H,22,25)(H,23,24,26)/b21-11+. The SMILES string of the molecule is COc1cccc(NC(=O)CC2SC(=N/N=C/c3ccc(Cl)cc3)NC2=O)c1. The molecule has 1 aliphatic heterocycles. The average Bonchev–Trinajstić information content (AvgIpc) is 3.02. The second kappa shape index (κ2) is 9.38. The highest BCUT2D eigenvalue weighted by atomic mass is 35.5. The molecule has 28 heavy (non-hydrogen) atoms. The normalized spacial score (nSPS) is 17.7. The highest BCUT2D eigenvalue weighted by Crippen LogP contribution is 2.24. The van der Waals surface area contributed by atoms with Crippen LogP contribution in [-0.4, -0.2) is 35.6 Å². The lowest BCUT2D eigenvalue weighted by molar-refractivity contribution is -0.122. The molecule has 2 amide bonds. The summed E-state index contributed by atoms with van der Waals surface area (Å²) in [4.78, 5) is 24.3. The van der Waals surface area contributed by atoms with E-state index in [-0.39, 0.29) is 18.2 Å². The number of thioether (sulfide) groups is 1. The summed E-state index contributed by atoms with van der Waals surface area (Å²) in [6, 6.07) is 14.1. The van der Waals surface area contributed by atoms with Crippen LogP contribution in [0.2, 0.25) is 5.02 Å². The highest BCUT2D eigenvalue weighted by Gasteiger charge is 2.32. The van der Waals surface area contributed by atoms with E-state index in [0.717, 1.165) is 5.56 Å². The van der Waals surface area contributed by atoms with E-state index in [9.17, 15) is 9.59 Å². The van der Waals surface area contributed by atoms with Crippen LogP contribution >= 0.6 is 23.4 Å². The number of carbonyl (C=O) groups excluding carboxylic acids is 2. The fourth-order valence-electron chi connectivity index (χ4n) is 2.36. The van der Waals surface area contributed by atoms with E-state index in [1.165, 1.54) is 11.8 Å². The van der Waals surface area contributed by atoms with Crippen LogP contribution in [0.5, 0.6) is 5.75 Å². The minimum atomic E-state index is -0.560. The molecular weight excluding hydrogens is 400 g/mol. The van der Waals surface area contributed by atoms with E-state index in [1.54, 1.807) is 61.9 Å². The first-order valence-corrected chi connectivity index (χ1v) is 9.57. The van der Waals surface area contributed by atoms with Crippen molar-refractivity contribution < 1.29 is 14.3 Å². The molecule has 144 valence electrons. The Morgan fingerprint density at radius 1 is 1.32 bits per heavy atom. The smallest absolute Gasteiger partial charge is 0.240 e. The molecule has 1 saturated heterocycles. The molecule has 3 rings (SSSR count). The molecule has 0 saturated carbocycles. The largest absolute Gasteiger partial charge is 0.497 e. The van der Waals surface area contributed by atoms with E-state index in [0.29, 0.717) is 21.6 Å². The molecule has 1 heterocycles. The lowest BCUT2D eigenvalue weighted by atomic mass is 10.2. The molecule has 2 aromatic rings. The van der Waals surface area contributed by atoms with Crippen LogP contribution in [0.4, 0.5) is 5.69 Å². The van der Waals surface area contributed by atoms with Crippen molar-refractivity contribution in [2.24, 2.45) is 10.2 Å². The zero-order valence-corrected chi connectivity index (χ0v) is 16.5. The number of halogens is 1. The van der Waals surface area contributed by atoms with Gasteiger partial charge in [-0.25, -0.2) is 0 Å². The number of nitrogens with zero attached hydrogens (tertiary/aromatic N) is 2. The number of hydrogen-bond donors (Lipinski definition) is 2. The van der Waals surface area contributed by atoms with E-state index in [4.69, 9.17) is 16.3 Å². The monoisotopic (exact) mass is 416 g/mol. The molecule has 1 atom stereocenters. The van der Waals surface area contributed by atoms with E-state index < -0.39 is 5.25 Å². The van der Waals surface area contributed by atoms with Gasteiger partial charge in [-0.15, -0.1) is 5.10 Å². The lowest BCUT2D eigenvalue weighted by Gasteiger charge is -2.08. The Labute approximate surface area is 171 Å². The van der Waals surface area contributed by atoms with Gasteiger partial charge in [-0.05, 0) is 29.8 Å². The van der Waals surface area contributed by atoms with Crippen LogP contribution in [0.25, 0.3) is 0 Å². The quantitative estimate of drug-likeness (QED) is 0.558. The van der Waals surface area contributed by atoms with Gasteiger partial charge in [-0.3, -0.25) is 9.59 Å². The fraction of sp³-hybridized carbons (Fsp3) is 0.158. The molecule has 1 aliphatic rings. The number of nitrogens with one attached hydrogen (secondary N) is 2. The maximum Gasteiger partial charge on any atom is 0.240 e. The molecular formula is C19H17ClN4O3S. The predicted octanol–water partition coefficient (Wildman–Crippen LogP) is 3.30.